The van der Waals surface area contributed by atoms with Crippen molar-refractivity contribution >= 4 is 0 Å². The predicted octanol–water partition coefficient (Wildman–Crippen LogP) is 1.33. The lowest BCUT2D eigenvalue weighted by molar-refractivity contribution is 0.239. The van der Waals surface area contributed by atoms with E-state index in [4.69, 9.17) is 5.10 Å². The SMILES string of the molecule is c1cnc2c(c1)CN(Cc1cc3n(n1)CCCNC3)CC2. The number of rotatable bonds is 2. The molecule has 0 amide bonds. The van der Waals surface area contributed by atoms with Crippen molar-refractivity contribution in [2.24, 2.45) is 0 Å². The fourth-order valence-electron chi connectivity index (χ4n) is 3.29. The summed E-state index contributed by atoms with van der Waals surface area (Å²) in [7, 11) is 0. The Balaban J connectivity index is 1.47. The third-order valence-electron chi connectivity index (χ3n) is 4.37. The molecule has 2 aromatic heterocycles. The molecule has 0 unspecified atom stereocenters. The van der Waals surface area contributed by atoms with Gasteiger partial charge in [0.1, 0.15) is 0 Å². The molecule has 0 bridgehead atoms. The van der Waals surface area contributed by atoms with Crippen LogP contribution < -0.4 is 5.32 Å². The van der Waals surface area contributed by atoms with Crippen LogP contribution in [0.1, 0.15) is 29.1 Å². The summed E-state index contributed by atoms with van der Waals surface area (Å²) < 4.78 is 2.18. The lowest BCUT2D eigenvalue weighted by Gasteiger charge is -2.27. The second-order valence-electron chi connectivity index (χ2n) is 5.95. The fraction of sp³-hybridized carbons (Fsp3) is 0.500. The molecule has 110 valence electrons. The van der Waals surface area contributed by atoms with Gasteiger partial charge in [0, 0.05) is 51.0 Å². The molecule has 0 aliphatic carbocycles. The van der Waals surface area contributed by atoms with E-state index in [1.54, 1.807) is 0 Å². The van der Waals surface area contributed by atoms with Crippen molar-refractivity contribution in [3.63, 3.8) is 0 Å². The Morgan fingerprint density at radius 2 is 2.29 bits per heavy atom. The molecule has 0 radical (unpaired) electrons. The first-order valence-corrected chi connectivity index (χ1v) is 7.80. The molecule has 21 heavy (non-hydrogen) atoms. The summed E-state index contributed by atoms with van der Waals surface area (Å²) in [4.78, 5) is 6.94. The van der Waals surface area contributed by atoms with E-state index in [-0.39, 0.29) is 0 Å². The lowest BCUT2D eigenvalue weighted by atomic mass is 10.1. The lowest BCUT2D eigenvalue weighted by Crippen LogP contribution is -2.30. The normalized spacial score (nSPS) is 18.9. The summed E-state index contributed by atoms with van der Waals surface area (Å²) >= 11 is 0. The largest absolute Gasteiger partial charge is 0.311 e. The van der Waals surface area contributed by atoms with Gasteiger partial charge in [-0.2, -0.15) is 5.10 Å². The maximum Gasteiger partial charge on any atom is 0.0768 e. The van der Waals surface area contributed by atoms with Gasteiger partial charge in [-0.25, -0.2) is 0 Å². The highest BCUT2D eigenvalue weighted by molar-refractivity contribution is 5.22. The predicted molar refractivity (Wildman–Crippen MR) is 80.6 cm³/mol. The number of nitrogens with one attached hydrogen (secondary N) is 1. The van der Waals surface area contributed by atoms with E-state index in [0.29, 0.717) is 0 Å². The first kappa shape index (κ1) is 13.0. The Labute approximate surface area is 125 Å². The van der Waals surface area contributed by atoms with Crippen molar-refractivity contribution in [1.82, 2.24) is 25.0 Å². The molecule has 2 aliphatic rings. The van der Waals surface area contributed by atoms with Gasteiger partial charge >= 0.3 is 0 Å². The quantitative estimate of drug-likeness (QED) is 0.903. The van der Waals surface area contributed by atoms with Gasteiger partial charge in [0.15, 0.2) is 0 Å². The van der Waals surface area contributed by atoms with Gasteiger partial charge < -0.3 is 5.32 Å². The monoisotopic (exact) mass is 283 g/mol. The molecule has 4 rings (SSSR count). The first-order valence-electron chi connectivity index (χ1n) is 7.80. The molecule has 1 N–H and O–H groups in total. The number of aryl methyl sites for hydroxylation is 1. The third kappa shape index (κ3) is 2.71. The van der Waals surface area contributed by atoms with Crippen LogP contribution in [0.15, 0.2) is 24.4 Å². The molecule has 2 aliphatic heterocycles. The van der Waals surface area contributed by atoms with Crippen LogP contribution in [0.2, 0.25) is 0 Å². The van der Waals surface area contributed by atoms with Crippen LogP contribution in [0, 0.1) is 0 Å². The molecule has 5 nitrogen and oxygen atoms in total. The molecular weight excluding hydrogens is 262 g/mol. The first-order chi connectivity index (χ1) is 10.4. The molecule has 5 heteroatoms. The summed E-state index contributed by atoms with van der Waals surface area (Å²) in [5, 5.41) is 8.23. The number of nitrogens with zero attached hydrogens (tertiary/aromatic N) is 4. The molecular formula is C16H21N5. The Morgan fingerprint density at radius 1 is 1.29 bits per heavy atom. The summed E-state index contributed by atoms with van der Waals surface area (Å²) in [6.07, 6.45) is 4.11. The van der Waals surface area contributed by atoms with E-state index in [1.165, 1.54) is 22.6 Å². The highest BCUT2D eigenvalue weighted by Crippen LogP contribution is 2.19. The van der Waals surface area contributed by atoms with E-state index in [1.807, 2.05) is 12.3 Å². The third-order valence-corrected chi connectivity index (χ3v) is 4.37. The number of fused-ring (bicyclic) bond motifs is 2. The highest BCUT2D eigenvalue weighted by Gasteiger charge is 2.19. The molecule has 0 atom stereocenters. The minimum absolute atomic E-state index is 0.939. The minimum atomic E-state index is 0.939. The molecule has 0 aromatic carbocycles. The maximum atomic E-state index is 4.78. The minimum Gasteiger partial charge on any atom is -0.311 e. The van der Waals surface area contributed by atoms with Crippen molar-refractivity contribution in [2.75, 3.05) is 13.1 Å². The molecule has 0 spiro atoms. The topological polar surface area (TPSA) is 46.0 Å². The van der Waals surface area contributed by atoms with Crippen molar-refractivity contribution in [3.05, 3.63) is 47.0 Å². The van der Waals surface area contributed by atoms with Crippen LogP contribution in [-0.4, -0.2) is 32.8 Å². The summed E-state index contributed by atoms with van der Waals surface area (Å²) in [6, 6.07) is 6.49. The fourth-order valence-corrected chi connectivity index (χ4v) is 3.29. The maximum absolute atomic E-state index is 4.78. The second kappa shape index (κ2) is 5.58. The molecule has 0 saturated heterocycles. The van der Waals surface area contributed by atoms with Crippen LogP contribution in [0.25, 0.3) is 0 Å². The Kier molecular flexibility index (Phi) is 3.45. The summed E-state index contributed by atoms with van der Waals surface area (Å²) in [6.45, 7) is 6.08. The van der Waals surface area contributed by atoms with Gasteiger partial charge in [-0.15, -0.1) is 0 Å². The average Bonchev–Trinajstić information content (AvgIpc) is 2.76. The van der Waals surface area contributed by atoms with Crippen molar-refractivity contribution in [3.8, 4) is 0 Å². The van der Waals surface area contributed by atoms with Gasteiger partial charge in [0.25, 0.3) is 0 Å². The van der Waals surface area contributed by atoms with Crippen molar-refractivity contribution in [1.29, 1.82) is 0 Å². The number of pyridine rings is 1. The van der Waals surface area contributed by atoms with E-state index in [2.05, 4.69) is 32.0 Å². The van der Waals surface area contributed by atoms with Crippen LogP contribution in [0.3, 0.4) is 0 Å². The number of hydrogen-bond donors (Lipinski definition) is 1. The molecule has 0 fully saturated rings. The molecule has 4 heterocycles. The smallest absolute Gasteiger partial charge is 0.0768 e. The Hall–Kier alpha value is -1.72. The second-order valence-corrected chi connectivity index (χ2v) is 5.95. The van der Waals surface area contributed by atoms with Gasteiger partial charge in [-0.05, 0) is 30.7 Å². The van der Waals surface area contributed by atoms with Gasteiger partial charge in [0.2, 0.25) is 0 Å². The van der Waals surface area contributed by atoms with Crippen LogP contribution >= 0.6 is 0 Å². The molecule has 0 saturated carbocycles. The van der Waals surface area contributed by atoms with E-state index in [0.717, 1.165) is 52.1 Å². The Bertz CT molecular complexity index is 610. The van der Waals surface area contributed by atoms with Gasteiger partial charge in [-0.1, -0.05) is 6.07 Å². The van der Waals surface area contributed by atoms with E-state index < -0.39 is 0 Å². The van der Waals surface area contributed by atoms with E-state index in [9.17, 15) is 0 Å². The standard InChI is InChI=1S/C16H21N5/c1-3-13-11-20(8-4-16(13)18-6-1)12-14-9-15-10-17-5-2-7-21(15)19-14/h1,3,6,9,17H,2,4-5,7-8,10-12H2. The van der Waals surface area contributed by atoms with Gasteiger partial charge in [-0.3, -0.25) is 14.6 Å². The van der Waals surface area contributed by atoms with Crippen molar-refractivity contribution in [2.45, 2.75) is 39.0 Å². The molecule has 2 aromatic rings. The summed E-state index contributed by atoms with van der Waals surface area (Å²) in [5.41, 5.74) is 5.15. The van der Waals surface area contributed by atoms with E-state index >= 15 is 0 Å². The van der Waals surface area contributed by atoms with Crippen LogP contribution in [0.4, 0.5) is 0 Å². The number of aromatic nitrogens is 3. The van der Waals surface area contributed by atoms with Crippen molar-refractivity contribution < 1.29 is 0 Å². The van der Waals surface area contributed by atoms with Crippen LogP contribution in [0.5, 0.6) is 0 Å². The summed E-state index contributed by atoms with van der Waals surface area (Å²) in [5.74, 6) is 0. The number of hydrogen-bond acceptors (Lipinski definition) is 4. The zero-order chi connectivity index (χ0) is 14.1. The van der Waals surface area contributed by atoms with Crippen LogP contribution in [-0.2, 0) is 32.6 Å². The zero-order valence-corrected chi connectivity index (χ0v) is 12.3. The van der Waals surface area contributed by atoms with Gasteiger partial charge in [0.05, 0.1) is 11.4 Å². The Morgan fingerprint density at radius 3 is 3.29 bits per heavy atom. The average molecular weight is 283 g/mol. The highest BCUT2D eigenvalue weighted by atomic mass is 15.3. The zero-order valence-electron chi connectivity index (χ0n) is 12.3.